The van der Waals surface area contributed by atoms with Crippen molar-refractivity contribution in [3.05, 3.63) is 0 Å². The van der Waals surface area contributed by atoms with Crippen molar-refractivity contribution >= 4 is 5.84 Å². The number of rotatable bonds is 2. The molecule has 2 fully saturated rings. The first-order chi connectivity index (χ1) is 4.68. The molecule has 0 saturated heterocycles. The van der Waals surface area contributed by atoms with E-state index in [1.807, 2.05) is 0 Å². The lowest BCUT2D eigenvalue weighted by Crippen LogP contribution is -2.27. The van der Waals surface area contributed by atoms with Gasteiger partial charge in [0.2, 0.25) is 0 Å². The molecular weight excluding hydrogens is 124 g/mol. The second-order valence-electron chi connectivity index (χ2n) is 3.83. The molecular formula is C8H14N2. The van der Waals surface area contributed by atoms with E-state index < -0.39 is 0 Å². The zero-order valence-corrected chi connectivity index (χ0v) is 6.35. The van der Waals surface area contributed by atoms with Gasteiger partial charge >= 0.3 is 0 Å². The lowest BCUT2D eigenvalue weighted by molar-refractivity contribution is 0.541. The Hall–Kier alpha value is -0.530. The molecule has 2 atom stereocenters. The fourth-order valence-electron chi connectivity index (χ4n) is 2.21. The van der Waals surface area contributed by atoms with E-state index in [0.29, 0.717) is 11.8 Å². The van der Waals surface area contributed by atoms with E-state index in [1.54, 1.807) is 0 Å². The van der Waals surface area contributed by atoms with Crippen molar-refractivity contribution < 1.29 is 0 Å². The zero-order chi connectivity index (χ0) is 7.35. The van der Waals surface area contributed by atoms with Gasteiger partial charge < -0.3 is 5.73 Å². The Balaban J connectivity index is 2.16. The molecule has 2 rings (SSSR count). The largest absolute Gasteiger partial charge is 0.387 e. The first-order valence-electron chi connectivity index (χ1n) is 4.02. The summed E-state index contributed by atoms with van der Waals surface area (Å²) < 4.78 is 0. The van der Waals surface area contributed by atoms with Crippen LogP contribution < -0.4 is 5.73 Å². The monoisotopic (exact) mass is 138 g/mol. The molecule has 0 aromatic heterocycles. The molecule has 10 heavy (non-hydrogen) atoms. The van der Waals surface area contributed by atoms with Crippen LogP contribution in [0.1, 0.15) is 26.2 Å². The summed E-state index contributed by atoms with van der Waals surface area (Å²) in [4.78, 5) is 0. The van der Waals surface area contributed by atoms with Crippen molar-refractivity contribution in [2.75, 3.05) is 0 Å². The molecule has 2 heteroatoms. The normalized spacial score (nSPS) is 45.1. The van der Waals surface area contributed by atoms with Crippen LogP contribution in [0.25, 0.3) is 0 Å². The minimum Gasteiger partial charge on any atom is -0.387 e. The Bertz CT molecular complexity index is 184. The maximum absolute atomic E-state index is 7.44. The molecule has 2 saturated carbocycles. The molecule has 2 nitrogen and oxygen atoms in total. The molecule has 0 amide bonds. The predicted molar refractivity (Wildman–Crippen MR) is 40.9 cm³/mol. The molecule has 2 aliphatic rings. The van der Waals surface area contributed by atoms with Crippen molar-refractivity contribution in [2.24, 2.45) is 23.0 Å². The van der Waals surface area contributed by atoms with Gasteiger partial charge in [0.1, 0.15) is 0 Å². The molecule has 56 valence electrons. The maximum atomic E-state index is 7.44. The third-order valence-corrected chi connectivity index (χ3v) is 3.17. The van der Waals surface area contributed by atoms with Crippen LogP contribution in [0, 0.1) is 22.7 Å². The van der Waals surface area contributed by atoms with Crippen molar-refractivity contribution in [3.63, 3.8) is 0 Å². The number of hydrogen-bond donors (Lipinski definition) is 2. The predicted octanol–water partition coefficient (Wildman–Crippen LogP) is 1.36. The highest BCUT2D eigenvalue weighted by Crippen LogP contribution is 2.65. The van der Waals surface area contributed by atoms with Gasteiger partial charge in [-0.3, -0.25) is 5.41 Å². The highest BCUT2D eigenvalue weighted by Gasteiger charge is 2.61. The van der Waals surface area contributed by atoms with E-state index in [-0.39, 0.29) is 5.41 Å². The van der Waals surface area contributed by atoms with E-state index in [4.69, 9.17) is 11.1 Å². The molecule has 2 aliphatic carbocycles. The van der Waals surface area contributed by atoms with Crippen molar-refractivity contribution in [1.29, 1.82) is 5.41 Å². The summed E-state index contributed by atoms with van der Waals surface area (Å²) in [5.41, 5.74) is 5.73. The first-order valence-corrected chi connectivity index (χ1v) is 4.02. The highest BCUT2D eigenvalue weighted by atomic mass is 14.8. The maximum Gasteiger partial charge on any atom is 0.0974 e. The van der Waals surface area contributed by atoms with Crippen molar-refractivity contribution in [2.45, 2.75) is 26.2 Å². The van der Waals surface area contributed by atoms with E-state index in [2.05, 4.69) is 6.92 Å². The molecule has 3 N–H and O–H groups in total. The lowest BCUT2D eigenvalue weighted by Gasteiger charge is -2.12. The molecule has 0 radical (unpaired) electrons. The summed E-state index contributed by atoms with van der Waals surface area (Å²) in [6.45, 7) is 2.21. The van der Waals surface area contributed by atoms with Crippen LogP contribution in [0.4, 0.5) is 0 Å². The lowest BCUT2D eigenvalue weighted by atomic mass is 9.96. The van der Waals surface area contributed by atoms with Crippen LogP contribution in [0.5, 0.6) is 0 Å². The molecule has 0 spiro atoms. The number of nitrogens with two attached hydrogens (primary N) is 1. The number of amidine groups is 1. The topological polar surface area (TPSA) is 49.9 Å². The second-order valence-corrected chi connectivity index (χ2v) is 3.83. The zero-order valence-electron chi connectivity index (χ0n) is 6.35. The fourth-order valence-corrected chi connectivity index (χ4v) is 2.21. The molecule has 0 aromatic carbocycles. The third kappa shape index (κ3) is 0.568. The number of nitrogens with one attached hydrogen (secondary N) is 1. The molecule has 0 aliphatic heterocycles. The van der Waals surface area contributed by atoms with Gasteiger partial charge in [-0.05, 0) is 31.1 Å². The van der Waals surface area contributed by atoms with Crippen molar-refractivity contribution in [3.8, 4) is 0 Å². The van der Waals surface area contributed by atoms with Gasteiger partial charge in [0, 0.05) is 5.41 Å². The minimum absolute atomic E-state index is 0.181. The van der Waals surface area contributed by atoms with Crippen LogP contribution in [-0.4, -0.2) is 5.84 Å². The van der Waals surface area contributed by atoms with Crippen molar-refractivity contribution in [1.82, 2.24) is 0 Å². The highest BCUT2D eigenvalue weighted by molar-refractivity contribution is 5.87. The summed E-state index contributed by atoms with van der Waals surface area (Å²) in [6, 6.07) is 0. The van der Waals surface area contributed by atoms with E-state index in [1.165, 1.54) is 19.3 Å². The smallest absolute Gasteiger partial charge is 0.0974 e. The Morgan fingerprint density at radius 2 is 2.10 bits per heavy atom. The minimum atomic E-state index is 0.181. The Labute approximate surface area is 61.3 Å². The summed E-state index contributed by atoms with van der Waals surface area (Å²) in [5, 5.41) is 7.44. The van der Waals surface area contributed by atoms with Gasteiger partial charge in [-0.25, -0.2) is 0 Å². The van der Waals surface area contributed by atoms with Gasteiger partial charge in [0.15, 0.2) is 0 Å². The van der Waals surface area contributed by atoms with E-state index >= 15 is 0 Å². The van der Waals surface area contributed by atoms with Gasteiger partial charge in [0.25, 0.3) is 0 Å². The summed E-state index contributed by atoms with van der Waals surface area (Å²) >= 11 is 0. The van der Waals surface area contributed by atoms with Gasteiger partial charge in [-0.2, -0.15) is 0 Å². The average molecular weight is 138 g/mol. The molecule has 0 aromatic rings. The molecule has 2 unspecified atom stereocenters. The Morgan fingerprint density at radius 1 is 1.60 bits per heavy atom. The van der Waals surface area contributed by atoms with Gasteiger partial charge in [-0.1, -0.05) is 6.92 Å². The second kappa shape index (κ2) is 1.55. The summed E-state index contributed by atoms with van der Waals surface area (Å²) in [7, 11) is 0. The Kier molecular flexibility index (Phi) is 0.960. The standard InChI is InChI=1S/C8H14N2/c1-5-4-8(5,7(9)10)6-2-3-6/h5-6H,2-4H2,1H3,(H3,9,10). The number of hydrogen-bond acceptors (Lipinski definition) is 1. The summed E-state index contributed by atoms with van der Waals surface area (Å²) in [5.74, 6) is 1.92. The van der Waals surface area contributed by atoms with Crippen LogP contribution in [0.3, 0.4) is 0 Å². The average Bonchev–Trinajstić information content (AvgIpc) is 2.55. The third-order valence-electron chi connectivity index (χ3n) is 3.17. The van der Waals surface area contributed by atoms with Crippen LogP contribution in [0.2, 0.25) is 0 Å². The fraction of sp³-hybridized carbons (Fsp3) is 0.875. The van der Waals surface area contributed by atoms with Crippen LogP contribution in [-0.2, 0) is 0 Å². The molecule has 0 bridgehead atoms. The summed E-state index contributed by atoms with van der Waals surface area (Å²) in [6.07, 6.45) is 3.79. The SMILES string of the molecule is CC1CC1(C(=N)N)C1CC1. The first kappa shape index (κ1) is 6.20. The van der Waals surface area contributed by atoms with Gasteiger partial charge in [0.05, 0.1) is 5.84 Å². The van der Waals surface area contributed by atoms with Gasteiger partial charge in [-0.15, -0.1) is 0 Å². The van der Waals surface area contributed by atoms with E-state index in [9.17, 15) is 0 Å². The van der Waals surface area contributed by atoms with Crippen LogP contribution in [0.15, 0.2) is 0 Å². The Morgan fingerprint density at radius 3 is 2.20 bits per heavy atom. The van der Waals surface area contributed by atoms with E-state index in [0.717, 1.165) is 5.92 Å². The molecule has 0 heterocycles. The van der Waals surface area contributed by atoms with Crippen LogP contribution >= 0.6 is 0 Å². The quantitative estimate of drug-likeness (QED) is 0.439.